The lowest BCUT2D eigenvalue weighted by Gasteiger charge is -2.34. The molecule has 1 aliphatic heterocycles. The van der Waals surface area contributed by atoms with Crippen molar-refractivity contribution < 1.29 is 19.2 Å². The molecule has 0 N–H and O–H groups in total. The molecule has 0 unspecified atom stereocenters. The van der Waals surface area contributed by atoms with Gasteiger partial charge in [0.05, 0.1) is 22.9 Å². The molecule has 3 heterocycles. The smallest absolute Gasteiger partial charge is 0.409 e. The van der Waals surface area contributed by atoms with Gasteiger partial charge >= 0.3 is 6.09 Å². The van der Waals surface area contributed by atoms with E-state index in [-0.39, 0.29) is 17.3 Å². The Morgan fingerprint density at radius 2 is 1.82 bits per heavy atom. The van der Waals surface area contributed by atoms with Gasteiger partial charge in [0.25, 0.3) is 11.6 Å². The molecule has 2 amide bonds. The van der Waals surface area contributed by atoms with Crippen LogP contribution in [-0.2, 0) is 11.8 Å². The first kappa shape index (κ1) is 22.1. The minimum Gasteiger partial charge on any atom is -0.450 e. The standard InChI is InChI=1S/C22H24N6O5/c1-3-33-22(30)26-12-10-25(11-13-26)21(29)20-15-18(19-8-5-9-24(19)2)23-27(20)16-6-4-7-17(14-16)28(31)32/h4-9,14-15H,3,10-13H2,1-2H3. The Morgan fingerprint density at radius 3 is 2.45 bits per heavy atom. The van der Waals surface area contributed by atoms with Crippen LogP contribution in [0.1, 0.15) is 17.4 Å². The average Bonchev–Trinajstić information content (AvgIpc) is 3.45. The van der Waals surface area contributed by atoms with Gasteiger partial charge in [0.15, 0.2) is 0 Å². The molecule has 0 bridgehead atoms. The Hall–Kier alpha value is -4.15. The molecule has 11 nitrogen and oxygen atoms in total. The Kier molecular flexibility index (Phi) is 6.11. The molecule has 2 aromatic heterocycles. The number of amides is 2. The highest BCUT2D eigenvalue weighted by molar-refractivity contribution is 5.94. The van der Waals surface area contributed by atoms with Gasteiger partial charge in [-0.2, -0.15) is 5.10 Å². The highest BCUT2D eigenvalue weighted by atomic mass is 16.6. The molecule has 0 atom stereocenters. The summed E-state index contributed by atoms with van der Waals surface area (Å²) in [6.45, 7) is 3.45. The van der Waals surface area contributed by atoms with E-state index in [0.717, 1.165) is 5.69 Å². The third kappa shape index (κ3) is 4.43. The monoisotopic (exact) mass is 452 g/mol. The first-order valence-electron chi connectivity index (χ1n) is 10.6. The maximum Gasteiger partial charge on any atom is 0.409 e. The zero-order valence-corrected chi connectivity index (χ0v) is 18.4. The van der Waals surface area contributed by atoms with Crippen LogP contribution in [0.3, 0.4) is 0 Å². The van der Waals surface area contributed by atoms with Crippen LogP contribution in [0.4, 0.5) is 10.5 Å². The molecule has 33 heavy (non-hydrogen) atoms. The second-order valence-corrected chi connectivity index (χ2v) is 7.59. The van der Waals surface area contributed by atoms with Crippen molar-refractivity contribution in [1.82, 2.24) is 24.1 Å². The number of hydrogen-bond donors (Lipinski definition) is 0. The van der Waals surface area contributed by atoms with E-state index in [1.807, 2.05) is 29.9 Å². The molecule has 1 aliphatic rings. The molecule has 1 fully saturated rings. The fraction of sp³-hybridized carbons (Fsp3) is 0.318. The molecule has 172 valence electrons. The van der Waals surface area contributed by atoms with Gasteiger partial charge in [-0.3, -0.25) is 14.9 Å². The number of aryl methyl sites for hydroxylation is 1. The number of piperazine rings is 1. The van der Waals surface area contributed by atoms with Crippen molar-refractivity contribution in [3.05, 3.63) is 64.5 Å². The van der Waals surface area contributed by atoms with Crippen molar-refractivity contribution in [3.63, 3.8) is 0 Å². The van der Waals surface area contributed by atoms with Crippen molar-refractivity contribution in [3.8, 4) is 17.1 Å². The topological polar surface area (TPSA) is 116 Å². The summed E-state index contributed by atoms with van der Waals surface area (Å²) in [6, 6.07) is 11.4. The van der Waals surface area contributed by atoms with Gasteiger partial charge in [0.2, 0.25) is 0 Å². The lowest BCUT2D eigenvalue weighted by atomic mass is 10.2. The maximum atomic E-state index is 13.5. The molecule has 0 spiro atoms. The molecule has 0 saturated carbocycles. The number of nitrogens with zero attached hydrogens (tertiary/aromatic N) is 6. The molecule has 0 radical (unpaired) electrons. The molecule has 0 aliphatic carbocycles. The third-order valence-corrected chi connectivity index (χ3v) is 5.51. The van der Waals surface area contributed by atoms with Gasteiger partial charge in [0.1, 0.15) is 11.4 Å². The molecular formula is C22H24N6O5. The van der Waals surface area contributed by atoms with Crippen molar-refractivity contribution >= 4 is 17.7 Å². The van der Waals surface area contributed by atoms with E-state index < -0.39 is 11.0 Å². The van der Waals surface area contributed by atoms with Crippen LogP contribution in [0.15, 0.2) is 48.7 Å². The predicted molar refractivity (Wildman–Crippen MR) is 119 cm³/mol. The maximum absolute atomic E-state index is 13.5. The second kappa shape index (κ2) is 9.15. The van der Waals surface area contributed by atoms with Crippen molar-refractivity contribution in [2.24, 2.45) is 7.05 Å². The lowest BCUT2D eigenvalue weighted by molar-refractivity contribution is -0.384. The van der Waals surface area contributed by atoms with E-state index in [9.17, 15) is 19.7 Å². The zero-order chi connectivity index (χ0) is 23.5. The van der Waals surface area contributed by atoms with Crippen molar-refractivity contribution in [1.29, 1.82) is 0 Å². The van der Waals surface area contributed by atoms with E-state index in [4.69, 9.17) is 4.74 Å². The summed E-state index contributed by atoms with van der Waals surface area (Å²) in [7, 11) is 1.87. The first-order valence-corrected chi connectivity index (χ1v) is 10.6. The van der Waals surface area contributed by atoms with Crippen LogP contribution in [0.25, 0.3) is 17.1 Å². The average molecular weight is 452 g/mol. The Bertz CT molecular complexity index is 1190. The summed E-state index contributed by atoms with van der Waals surface area (Å²) in [5, 5.41) is 15.9. The SMILES string of the molecule is CCOC(=O)N1CCN(C(=O)c2cc(-c3cccn3C)nn2-c2cccc([N+](=O)[O-])c2)CC1. The number of nitro groups is 1. The van der Waals surface area contributed by atoms with Crippen LogP contribution in [0.2, 0.25) is 0 Å². The van der Waals surface area contributed by atoms with Crippen LogP contribution < -0.4 is 0 Å². The van der Waals surface area contributed by atoms with Gasteiger partial charge in [-0.1, -0.05) is 6.07 Å². The summed E-state index contributed by atoms with van der Waals surface area (Å²) in [4.78, 5) is 39.4. The molecule has 11 heteroatoms. The second-order valence-electron chi connectivity index (χ2n) is 7.59. The van der Waals surface area contributed by atoms with E-state index in [2.05, 4.69) is 5.10 Å². The Balaban J connectivity index is 1.67. The number of rotatable bonds is 5. The van der Waals surface area contributed by atoms with E-state index in [0.29, 0.717) is 44.2 Å². The number of benzene rings is 1. The molecule has 3 aromatic rings. The quantitative estimate of drug-likeness (QED) is 0.434. The minimum atomic E-state index is -0.485. The third-order valence-electron chi connectivity index (χ3n) is 5.51. The van der Waals surface area contributed by atoms with Gasteiger partial charge in [-0.25, -0.2) is 9.48 Å². The van der Waals surface area contributed by atoms with Gasteiger partial charge in [-0.15, -0.1) is 0 Å². The summed E-state index contributed by atoms with van der Waals surface area (Å²) < 4.78 is 8.36. The summed E-state index contributed by atoms with van der Waals surface area (Å²) in [5.41, 5.74) is 1.99. The highest BCUT2D eigenvalue weighted by Crippen LogP contribution is 2.25. The summed E-state index contributed by atoms with van der Waals surface area (Å²) in [6.07, 6.45) is 1.48. The Morgan fingerprint density at radius 1 is 1.09 bits per heavy atom. The first-order chi connectivity index (χ1) is 15.9. The number of carbonyl (C=O) groups is 2. The van der Waals surface area contributed by atoms with Gasteiger partial charge in [0, 0.05) is 51.6 Å². The van der Waals surface area contributed by atoms with E-state index in [1.54, 1.807) is 34.9 Å². The van der Waals surface area contributed by atoms with Crippen LogP contribution in [0.5, 0.6) is 0 Å². The van der Waals surface area contributed by atoms with Crippen molar-refractivity contribution in [2.45, 2.75) is 6.92 Å². The minimum absolute atomic E-state index is 0.0927. The zero-order valence-electron chi connectivity index (χ0n) is 18.4. The number of hydrogen-bond acceptors (Lipinski definition) is 6. The lowest BCUT2D eigenvalue weighted by Crippen LogP contribution is -2.51. The van der Waals surface area contributed by atoms with Gasteiger partial charge < -0.3 is 19.1 Å². The van der Waals surface area contributed by atoms with Crippen molar-refractivity contribution in [2.75, 3.05) is 32.8 Å². The molecule has 4 rings (SSSR count). The summed E-state index contributed by atoms with van der Waals surface area (Å²) >= 11 is 0. The van der Waals surface area contributed by atoms with Crippen LogP contribution >= 0.6 is 0 Å². The fourth-order valence-electron chi connectivity index (χ4n) is 3.79. The van der Waals surface area contributed by atoms with E-state index in [1.165, 1.54) is 16.8 Å². The predicted octanol–water partition coefficient (Wildman–Crippen LogP) is 2.70. The van der Waals surface area contributed by atoms with Crippen LogP contribution in [-0.4, -0.2) is 73.9 Å². The highest BCUT2D eigenvalue weighted by Gasteiger charge is 2.29. The van der Waals surface area contributed by atoms with Gasteiger partial charge in [-0.05, 0) is 31.2 Å². The number of non-ortho nitro benzene ring substituents is 1. The molecular weight excluding hydrogens is 428 g/mol. The number of carbonyl (C=O) groups excluding carboxylic acids is 2. The fourth-order valence-corrected chi connectivity index (χ4v) is 3.79. The number of nitro benzene ring substituents is 1. The molecule has 1 saturated heterocycles. The largest absolute Gasteiger partial charge is 0.450 e. The number of aromatic nitrogens is 3. The van der Waals surface area contributed by atoms with E-state index >= 15 is 0 Å². The Labute approximate surface area is 189 Å². The normalized spacial score (nSPS) is 13.8. The van der Waals surface area contributed by atoms with Crippen LogP contribution in [0, 0.1) is 10.1 Å². The molecule has 1 aromatic carbocycles. The summed E-state index contributed by atoms with van der Waals surface area (Å²) in [5.74, 6) is -0.266. The number of ether oxygens (including phenoxy) is 1.